The van der Waals surface area contributed by atoms with E-state index in [9.17, 15) is 0 Å². The Labute approximate surface area is 155 Å². The van der Waals surface area contributed by atoms with Crippen molar-refractivity contribution in [2.24, 2.45) is 0 Å². The summed E-state index contributed by atoms with van der Waals surface area (Å²) in [5.41, 5.74) is 3.24. The Morgan fingerprint density at radius 2 is 1.85 bits per heavy atom. The summed E-state index contributed by atoms with van der Waals surface area (Å²) in [6.45, 7) is 3.93. The average molecular weight is 361 g/mol. The van der Waals surface area contributed by atoms with E-state index in [1.54, 1.807) is 11.3 Å². The van der Waals surface area contributed by atoms with Crippen molar-refractivity contribution in [1.29, 1.82) is 0 Å². The molecule has 1 aliphatic carbocycles. The molecule has 4 aromatic rings. The van der Waals surface area contributed by atoms with Gasteiger partial charge in [-0.1, -0.05) is 18.2 Å². The molecule has 0 unspecified atom stereocenters. The van der Waals surface area contributed by atoms with Gasteiger partial charge in [-0.25, -0.2) is 9.97 Å². The average Bonchev–Trinajstić information content (AvgIpc) is 3.00. The van der Waals surface area contributed by atoms with Gasteiger partial charge in [0.05, 0.1) is 5.39 Å². The fourth-order valence-corrected chi connectivity index (χ4v) is 5.00. The minimum atomic E-state index is 0.669. The van der Waals surface area contributed by atoms with Crippen LogP contribution in [-0.2, 0) is 12.8 Å². The topological polar surface area (TPSA) is 47.9 Å². The largest absolute Gasteiger partial charge is 0.436 e. The van der Waals surface area contributed by atoms with Crippen molar-refractivity contribution in [3.63, 3.8) is 0 Å². The van der Waals surface area contributed by atoms with Crippen LogP contribution in [0.5, 0.6) is 11.6 Å². The van der Waals surface area contributed by atoms with Gasteiger partial charge in [0.15, 0.2) is 5.75 Å². The van der Waals surface area contributed by atoms with Crippen LogP contribution in [0.4, 0.5) is 0 Å². The van der Waals surface area contributed by atoms with E-state index in [2.05, 4.69) is 27.1 Å². The first kappa shape index (κ1) is 15.7. The van der Waals surface area contributed by atoms with Gasteiger partial charge in [0.25, 0.3) is 0 Å². The Bertz CT molecular complexity index is 1150. The van der Waals surface area contributed by atoms with E-state index in [1.165, 1.54) is 23.3 Å². The highest BCUT2D eigenvalue weighted by Crippen LogP contribution is 2.41. The molecule has 26 heavy (non-hydrogen) atoms. The standard InChI is InChI=1S/C21H19N3OS/c1-12-10-11-14-6-5-8-16(19(14)22-12)25-20-18-15-7-3-4-9-17(15)26-21(18)24-13(2)23-20/h5-6,8,10-11H,3-4,7,9H2,1-2H3. The molecule has 0 atom stereocenters. The van der Waals surface area contributed by atoms with Crippen LogP contribution in [0.2, 0.25) is 0 Å². The molecule has 0 fully saturated rings. The second-order valence-electron chi connectivity index (χ2n) is 6.85. The van der Waals surface area contributed by atoms with Gasteiger partial charge >= 0.3 is 0 Å². The van der Waals surface area contributed by atoms with E-state index in [0.717, 1.165) is 51.2 Å². The van der Waals surface area contributed by atoms with Crippen LogP contribution in [0.25, 0.3) is 21.1 Å². The molecule has 0 spiro atoms. The fraction of sp³-hybridized carbons (Fsp3) is 0.286. The van der Waals surface area contributed by atoms with Crippen LogP contribution in [0.3, 0.4) is 0 Å². The zero-order valence-corrected chi connectivity index (χ0v) is 15.7. The number of benzene rings is 1. The first-order valence-electron chi connectivity index (χ1n) is 9.02. The van der Waals surface area contributed by atoms with Crippen LogP contribution in [0, 0.1) is 13.8 Å². The number of hydrogen-bond donors (Lipinski definition) is 0. The Hall–Kier alpha value is -2.53. The molecule has 1 aromatic carbocycles. The van der Waals surface area contributed by atoms with Crippen LogP contribution in [0.1, 0.15) is 34.8 Å². The number of fused-ring (bicyclic) bond motifs is 4. The summed E-state index contributed by atoms with van der Waals surface area (Å²) in [4.78, 5) is 16.5. The highest BCUT2D eigenvalue weighted by Gasteiger charge is 2.22. The number of thiophene rings is 1. The summed E-state index contributed by atoms with van der Waals surface area (Å²) in [5, 5.41) is 2.17. The van der Waals surface area contributed by atoms with E-state index < -0.39 is 0 Å². The van der Waals surface area contributed by atoms with E-state index in [-0.39, 0.29) is 0 Å². The molecular formula is C21H19N3OS. The predicted octanol–water partition coefficient (Wildman–Crippen LogP) is 5.53. The van der Waals surface area contributed by atoms with Crippen molar-refractivity contribution in [1.82, 2.24) is 15.0 Å². The third kappa shape index (κ3) is 2.54. The number of aromatic nitrogens is 3. The van der Waals surface area contributed by atoms with E-state index in [4.69, 9.17) is 4.74 Å². The number of hydrogen-bond acceptors (Lipinski definition) is 5. The molecule has 5 heteroatoms. The van der Waals surface area contributed by atoms with Crippen LogP contribution in [0.15, 0.2) is 30.3 Å². The van der Waals surface area contributed by atoms with Crippen molar-refractivity contribution < 1.29 is 4.74 Å². The van der Waals surface area contributed by atoms with Crippen LogP contribution < -0.4 is 4.74 Å². The summed E-state index contributed by atoms with van der Waals surface area (Å²) in [6.07, 6.45) is 4.71. The van der Waals surface area contributed by atoms with Crippen molar-refractivity contribution in [2.45, 2.75) is 39.5 Å². The molecule has 0 amide bonds. The molecule has 130 valence electrons. The lowest BCUT2D eigenvalue weighted by molar-refractivity contribution is 0.470. The second-order valence-corrected chi connectivity index (χ2v) is 7.93. The number of pyridine rings is 1. The summed E-state index contributed by atoms with van der Waals surface area (Å²) in [6, 6.07) is 10.1. The third-order valence-electron chi connectivity index (χ3n) is 4.92. The second kappa shape index (κ2) is 6.02. The Morgan fingerprint density at radius 1 is 0.962 bits per heavy atom. The lowest BCUT2D eigenvalue weighted by atomic mass is 9.97. The van der Waals surface area contributed by atoms with Crippen molar-refractivity contribution in [3.05, 3.63) is 52.3 Å². The number of aryl methyl sites for hydroxylation is 4. The molecule has 4 nitrogen and oxygen atoms in total. The molecule has 0 bridgehead atoms. The number of para-hydroxylation sites is 1. The van der Waals surface area contributed by atoms with Crippen molar-refractivity contribution in [2.75, 3.05) is 0 Å². The number of nitrogens with zero attached hydrogens (tertiary/aromatic N) is 3. The maximum absolute atomic E-state index is 6.36. The normalized spacial score (nSPS) is 13.9. The van der Waals surface area contributed by atoms with Gasteiger partial charge in [-0.15, -0.1) is 11.3 Å². The molecule has 0 radical (unpaired) electrons. The quantitative estimate of drug-likeness (QED) is 0.471. The lowest BCUT2D eigenvalue weighted by Crippen LogP contribution is -2.00. The summed E-state index contributed by atoms with van der Waals surface area (Å²) >= 11 is 1.80. The molecular weight excluding hydrogens is 342 g/mol. The first-order chi connectivity index (χ1) is 12.7. The zero-order valence-electron chi connectivity index (χ0n) is 14.9. The molecule has 0 saturated heterocycles. The smallest absolute Gasteiger partial charge is 0.231 e. The maximum Gasteiger partial charge on any atom is 0.231 e. The molecule has 0 saturated carbocycles. The van der Waals surface area contributed by atoms with Gasteiger partial charge < -0.3 is 4.74 Å². The predicted molar refractivity (Wildman–Crippen MR) is 105 cm³/mol. The van der Waals surface area contributed by atoms with Gasteiger partial charge in [-0.3, -0.25) is 0 Å². The van der Waals surface area contributed by atoms with Crippen molar-refractivity contribution in [3.8, 4) is 11.6 Å². The van der Waals surface area contributed by atoms with Gasteiger partial charge in [-0.2, -0.15) is 4.98 Å². The molecule has 5 rings (SSSR count). The van der Waals surface area contributed by atoms with Gasteiger partial charge in [0.1, 0.15) is 16.2 Å². The highest BCUT2D eigenvalue weighted by atomic mass is 32.1. The lowest BCUT2D eigenvalue weighted by Gasteiger charge is -2.13. The first-order valence-corrected chi connectivity index (χ1v) is 9.84. The molecule has 3 heterocycles. The van der Waals surface area contributed by atoms with Gasteiger partial charge in [0, 0.05) is 16.0 Å². The highest BCUT2D eigenvalue weighted by molar-refractivity contribution is 7.18. The molecule has 1 aliphatic rings. The molecule has 3 aromatic heterocycles. The van der Waals surface area contributed by atoms with E-state index in [1.807, 2.05) is 32.0 Å². The third-order valence-corrected chi connectivity index (χ3v) is 6.11. The molecule has 0 aliphatic heterocycles. The van der Waals surface area contributed by atoms with E-state index in [0.29, 0.717) is 5.88 Å². The zero-order chi connectivity index (χ0) is 17.7. The maximum atomic E-state index is 6.36. The van der Waals surface area contributed by atoms with Crippen molar-refractivity contribution >= 4 is 32.5 Å². The Morgan fingerprint density at radius 3 is 2.77 bits per heavy atom. The van der Waals surface area contributed by atoms with Crippen LogP contribution >= 0.6 is 11.3 Å². The Balaban J connectivity index is 1.71. The van der Waals surface area contributed by atoms with Crippen LogP contribution in [-0.4, -0.2) is 15.0 Å². The summed E-state index contributed by atoms with van der Waals surface area (Å²) < 4.78 is 6.36. The van der Waals surface area contributed by atoms with Gasteiger partial charge in [0.2, 0.25) is 5.88 Å². The monoisotopic (exact) mass is 361 g/mol. The number of ether oxygens (including phenoxy) is 1. The minimum absolute atomic E-state index is 0.669. The molecule has 0 N–H and O–H groups in total. The Kier molecular flexibility index (Phi) is 3.64. The fourth-order valence-electron chi connectivity index (χ4n) is 3.70. The number of rotatable bonds is 2. The SMILES string of the molecule is Cc1ccc2cccc(Oc3nc(C)nc4sc5c(c34)CCCC5)c2n1. The minimum Gasteiger partial charge on any atom is -0.436 e. The summed E-state index contributed by atoms with van der Waals surface area (Å²) in [5.74, 6) is 2.17. The summed E-state index contributed by atoms with van der Waals surface area (Å²) in [7, 11) is 0. The van der Waals surface area contributed by atoms with Gasteiger partial charge in [-0.05, 0) is 57.2 Å². The van der Waals surface area contributed by atoms with E-state index >= 15 is 0 Å².